The third-order valence-electron chi connectivity index (χ3n) is 3.30. The lowest BCUT2D eigenvalue weighted by atomic mass is 10.1. The molecule has 0 bridgehead atoms. The summed E-state index contributed by atoms with van der Waals surface area (Å²) in [5.74, 6) is 0. The standard InChI is InChI=1S/C16H12F3N3OS.H2O/c17-16(18,19)12-6-8-13(9-7-12)24(23)22-14-10-20-21-15(14)11-4-2-1-3-5-11;/h1-10,22H,(H,20,21);1H2. The molecule has 0 amide bonds. The van der Waals surface area contributed by atoms with Gasteiger partial charge in [-0.2, -0.15) is 18.3 Å². The van der Waals surface area contributed by atoms with Crippen LogP contribution in [0.3, 0.4) is 0 Å². The maximum atomic E-state index is 12.6. The number of aromatic amines is 1. The number of aromatic nitrogens is 2. The van der Waals surface area contributed by atoms with Gasteiger partial charge in [0, 0.05) is 5.56 Å². The summed E-state index contributed by atoms with van der Waals surface area (Å²) in [7, 11) is -1.71. The molecule has 0 fully saturated rings. The fourth-order valence-corrected chi connectivity index (χ4v) is 2.97. The first kappa shape index (κ1) is 18.7. The molecule has 1 heterocycles. The zero-order valence-corrected chi connectivity index (χ0v) is 13.5. The fraction of sp³-hybridized carbons (Fsp3) is 0.0625. The van der Waals surface area contributed by atoms with Crippen molar-refractivity contribution in [3.8, 4) is 11.3 Å². The van der Waals surface area contributed by atoms with Crippen molar-refractivity contribution in [3.63, 3.8) is 0 Å². The molecule has 0 radical (unpaired) electrons. The SMILES string of the molecule is O.O=S(Nc1cn[nH]c1-c1ccccc1)c1ccc(C(F)(F)F)cc1. The van der Waals surface area contributed by atoms with Crippen molar-refractivity contribution in [2.45, 2.75) is 11.1 Å². The van der Waals surface area contributed by atoms with Crippen LogP contribution >= 0.6 is 0 Å². The van der Waals surface area contributed by atoms with Gasteiger partial charge in [0.05, 0.1) is 28.0 Å². The molecule has 0 saturated carbocycles. The summed E-state index contributed by atoms with van der Waals surface area (Å²) in [6.45, 7) is 0. The number of hydrogen-bond acceptors (Lipinski definition) is 2. The van der Waals surface area contributed by atoms with Crippen molar-refractivity contribution >= 4 is 16.7 Å². The molecule has 0 saturated heterocycles. The van der Waals surface area contributed by atoms with Crippen LogP contribution in [0.4, 0.5) is 18.9 Å². The minimum absolute atomic E-state index is 0. The van der Waals surface area contributed by atoms with Crippen LogP contribution in [0.2, 0.25) is 0 Å². The molecule has 0 spiro atoms. The second kappa shape index (κ2) is 7.49. The molecule has 1 unspecified atom stereocenters. The predicted octanol–water partition coefficient (Wildman–Crippen LogP) is 3.41. The van der Waals surface area contributed by atoms with Crippen LogP contribution < -0.4 is 4.72 Å². The molecule has 0 aliphatic carbocycles. The van der Waals surface area contributed by atoms with Crippen molar-refractivity contribution in [2.75, 3.05) is 4.72 Å². The van der Waals surface area contributed by atoms with Gasteiger partial charge in [-0.15, -0.1) is 0 Å². The number of H-pyrrole nitrogens is 1. The third-order valence-corrected chi connectivity index (χ3v) is 4.41. The van der Waals surface area contributed by atoms with E-state index in [2.05, 4.69) is 14.9 Å². The lowest BCUT2D eigenvalue weighted by Gasteiger charge is -2.09. The van der Waals surface area contributed by atoms with Gasteiger partial charge in [0.1, 0.15) is 11.0 Å². The highest BCUT2D eigenvalue weighted by molar-refractivity contribution is 7.86. The number of hydrogen-bond donors (Lipinski definition) is 2. The molecule has 2 aromatic carbocycles. The molecule has 5 nitrogen and oxygen atoms in total. The molecule has 1 atom stereocenters. The summed E-state index contributed by atoms with van der Waals surface area (Å²) in [6.07, 6.45) is -2.94. The van der Waals surface area contributed by atoms with E-state index in [1.54, 1.807) is 0 Å². The highest BCUT2D eigenvalue weighted by Crippen LogP contribution is 2.30. The highest BCUT2D eigenvalue weighted by atomic mass is 32.2. The first-order valence-electron chi connectivity index (χ1n) is 6.89. The van der Waals surface area contributed by atoms with E-state index in [0.29, 0.717) is 11.4 Å². The van der Waals surface area contributed by atoms with Gasteiger partial charge in [-0.25, -0.2) is 4.21 Å². The van der Waals surface area contributed by atoms with Gasteiger partial charge in [-0.05, 0) is 24.3 Å². The Bertz CT molecular complexity index is 849. The van der Waals surface area contributed by atoms with Crippen LogP contribution in [-0.2, 0) is 17.2 Å². The average Bonchev–Trinajstić information content (AvgIpc) is 3.03. The molecule has 3 rings (SSSR count). The smallest absolute Gasteiger partial charge is 0.412 e. The van der Waals surface area contributed by atoms with E-state index < -0.39 is 22.7 Å². The van der Waals surface area contributed by atoms with Crippen molar-refractivity contribution in [3.05, 3.63) is 66.4 Å². The summed E-state index contributed by atoms with van der Waals surface area (Å²) >= 11 is 0. The number of rotatable bonds is 4. The van der Waals surface area contributed by atoms with Crippen LogP contribution in [0.5, 0.6) is 0 Å². The minimum Gasteiger partial charge on any atom is -0.412 e. The average molecular weight is 369 g/mol. The van der Waals surface area contributed by atoms with E-state index in [1.807, 2.05) is 30.3 Å². The molecule has 1 aromatic heterocycles. The number of anilines is 1. The highest BCUT2D eigenvalue weighted by Gasteiger charge is 2.30. The second-order valence-electron chi connectivity index (χ2n) is 4.92. The molecule has 4 N–H and O–H groups in total. The molecule has 132 valence electrons. The maximum absolute atomic E-state index is 12.6. The van der Waals surface area contributed by atoms with Crippen LogP contribution in [0.1, 0.15) is 5.56 Å². The van der Waals surface area contributed by atoms with E-state index >= 15 is 0 Å². The maximum Gasteiger partial charge on any atom is 0.416 e. The first-order chi connectivity index (χ1) is 11.4. The van der Waals surface area contributed by atoms with E-state index in [0.717, 1.165) is 17.7 Å². The summed E-state index contributed by atoms with van der Waals surface area (Å²) in [4.78, 5) is 0.239. The quantitative estimate of drug-likeness (QED) is 0.738. The van der Waals surface area contributed by atoms with Crippen LogP contribution in [0.15, 0.2) is 65.7 Å². The molecule has 9 heteroatoms. The Kier molecular flexibility index (Phi) is 5.60. The van der Waals surface area contributed by atoms with Crippen molar-refractivity contribution in [1.82, 2.24) is 10.2 Å². The van der Waals surface area contributed by atoms with E-state index in [4.69, 9.17) is 0 Å². The molecular formula is C16H14F3N3O2S. The Labute approximate surface area is 143 Å². The van der Waals surface area contributed by atoms with Crippen LogP contribution in [0.25, 0.3) is 11.3 Å². The van der Waals surface area contributed by atoms with Crippen molar-refractivity contribution in [2.24, 2.45) is 0 Å². The zero-order valence-electron chi connectivity index (χ0n) is 12.7. The van der Waals surface area contributed by atoms with Crippen molar-refractivity contribution < 1.29 is 22.9 Å². The largest absolute Gasteiger partial charge is 0.416 e. The number of nitrogens with zero attached hydrogens (tertiary/aromatic N) is 1. The topological polar surface area (TPSA) is 89.3 Å². The van der Waals surface area contributed by atoms with Gasteiger partial charge in [-0.3, -0.25) is 9.82 Å². The molecule has 25 heavy (non-hydrogen) atoms. The Morgan fingerprint density at radius 3 is 2.24 bits per heavy atom. The monoisotopic (exact) mass is 369 g/mol. The van der Waals surface area contributed by atoms with Crippen LogP contribution in [0, 0.1) is 0 Å². The molecular weight excluding hydrogens is 355 g/mol. The van der Waals surface area contributed by atoms with Gasteiger partial charge < -0.3 is 5.48 Å². The summed E-state index contributed by atoms with van der Waals surface area (Å²) < 4.78 is 52.8. The molecule has 0 aliphatic heterocycles. The lowest BCUT2D eigenvalue weighted by Crippen LogP contribution is -2.07. The number of nitrogens with one attached hydrogen (secondary N) is 2. The van der Waals surface area contributed by atoms with Crippen LogP contribution in [-0.4, -0.2) is 19.9 Å². The van der Waals surface area contributed by atoms with E-state index in [9.17, 15) is 17.4 Å². The lowest BCUT2D eigenvalue weighted by molar-refractivity contribution is -0.137. The predicted molar refractivity (Wildman–Crippen MR) is 89.1 cm³/mol. The Morgan fingerprint density at radius 1 is 1.00 bits per heavy atom. The second-order valence-corrected chi connectivity index (χ2v) is 6.13. The van der Waals surface area contributed by atoms with E-state index in [-0.39, 0.29) is 10.4 Å². The van der Waals surface area contributed by atoms with Gasteiger partial charge in [0.25, 0.3) is 0 Å². The van der Waals surface area contributed by atoms with Gasteiger partial charge in [-0.1, -0.05) is 30.3 Å². The molecule has 3 aromatic rings. The Hall–Kier alpha value is -2.65. The van der Waals surface area contributed by atoms with Gasteiger partial charge in [0.15, 0.2) is 0 Å². The van der Waals surface area contributed by atoms with Gasteiger partial charge in [0.2, 0.25) is 0 Å². The minimum atomic E-state index is -4.42. The zero-order chi connectivity index (χ0) is 17.2. The molecule has 0 aliphatic rings. The van der Waals surface area contributed by atoms with E-state index in [1.165, 1.54) is 18.3 Å². The van der Waals surface area contributed by atoms with Gasteiger partial charge >= 0.3 is 6.18 Å². The number of halogens is 3. The Morgan fingerprint density at radius 2 is 1.64 bits per heavy atom. The Balaban J connectivity index is 0.00000225. The number of alkyl halides is 3. The third kappa shape index (κ3) is 4.25. The summed E-state index contributed by atoms with van der Waals surface area (Å²) in [6, 6.07) is 13.5. The van der Waals surface area contributed by atoms with Crippen molar-refractivity contribution in [1.29, 1.82) is 0 Å². The summed E-state index contributed by atoms with van der Waals surface area (Å²) in [5.41, 5.74) is 1.22. The fourth-order valence-electron chi connectivity index (χ4n) is 2.11. The first-order valence-corrected chi connectivity index (χ1v) is 8.04. The normalized spacial score (nSPS) is 12.3. The number of benzene rings is 2. The summed E-state index contributed by atoms with van der Waals surface area (Å²) in [5, 5.41) is 6.73.